The molecule has 0 fully saturated rings. The van der Waals surface area contributed by atoms with Crippen molar-refractivity contribution in [3.8, 4) is 0 Å². The molecule has 0 heterocycles. The Labute approximate surface area is 131 Å². The lowest BCUT2D eigenvalue weighted by molar-refractivity contribution is -0.130. The van der Waals surface area contributed by atoms with Gasteiger partial charge >= 0.3 is 0 Å². The SMILES string of the molecule is CC(=O)Cc1ccc(CN(Cc2ccccc2)C(C)=O)cc1. The van der Waals surface area contributed by atoms with Gasteiger partial charge in [-0.2, -0.15) is 0 Å². The number of hydrogen-bond acceptors (Lipinski definition) is 2. The second-order valence-corrected chi connectivity index (χ2v) is 5.56. The topological polar surface area (TPSA) is 37.4 Å². The van der Waals surface area contributed by atoms with Crippen molar-refractivity contribution in [1.82, 2.24) is 4.90 Å². The van der Waals surface area contributed by atoms with Gasteiger partial charge in [0, 0.05) is 26.4 Å². The van der Waals surface area contributed by atoms with Crippen molar-refractivity contribution in [2.45, 2.75) is 33.4 Å². The predicted molar refractivity (Wildman–Crippen MR) is 87.2 cm³/mol. The fraction of sp³-hybridized carbons (Fsp3) is 0.263. The molecule has 0 aromatic heterocycles. The molecule has 0 saturated carbocycles. The van der Waals surface area contributed by atoms with Crippen LogP contribution in [0.5, 0.6) is 0 Å². The first kappa shape index (κ1) is 16.0. The van der Waals surface area contributed by atoms with Crippen LogP contribution in [-0.2, 0) is 29.1 Å². The van der Waals surface area contributed by atoms with Gasteiger partial charge in [-0.15, -0.1) is 0 Å². The summed E-state index contributed by atoms with van der Waals surface area (Å²) in [6, 6.07) is 17.8. The average molecular weight is 295 g/mol. The van der Waals surface area contributed by atoms with Crippen molar-refractivity contribution in [2.24, 2.45) is 0 Å². The molecule has 0 unspecified atom stereocenters. The molecule has 0 aliphatic heterocycles. The Kier molecular flexibility index (Phi) is 5.48. The Morgan fingerprint density at radius 1 is 0.773 bits per heavy atom. The smallest absolute Gasteiger partial charge is 0.220 e. The van der Waals surface area contributed by atoms with Crippen LogP contribution in [0.1, 0.15) is 30.5 Å². The van der Waals surface area contributed by atoms with Crippen molar-refractivity contribution in [3.63, 3.8) is 0 Å². The van der Waals surface area contributed by atoms with E-state index < -0.39 is 0 Å². The molecule has 0 radical (unpaired) electrons. The molecular formula is C19H21NO2. The Hall–Kier alpha value is -2.42. The third-order valence-electron chi connectivity index (χ3n) is 3.51. The number of carbonyl (C=O) groups is 2. The van der Waals surface area contributed by atoms with Gasteiger partial charge in [-0.1, -0.05) is 54.6 Å². The molecule has 2 rings (SSSR count). The van der Waals surface area contributed by atoms with E-state index in [-0.39, 0.29) is 11.7 Å². The van der Waals surface area contributed by atoms with Crippen molar-refractivity contribution < 1.29 is 9.59 Å². The molecule has 0 bridgehead atoms. The molecule has 114 valence electrons. The van der Waals surface area contributed by atoms with Gasteiger partial charge in [0.2, 0.25) is 5.91 Å². The lowest BCUT2D eigenvalue weighted by atomic mass is 10.1. The molecule has 0 aliphatic carbocycles. The summed E-state index contributed by atoms with van der Waals surface area (Å²) < 4.78 is 0. The number of benzene rings is 2. The van der Waals surface area contributed by atoms with E-state index in [0.29, 0.717) is 19.5 Å². The summed E-state index contributed by atoms with van der Waals surface area (Å²) in [6.07, 6.45) is 0.459. The van der Waals surface area contributed by atoms with Crippen LogP contribution in [0.3, 0.4) is 0 Å². The third kappa shape index (κ3) is 4.85. The summed E-state index contributed by atoms with van der Waals surface area (Å²) in [6.45, 7) is 4.36. The number of ketones is 1. The van der Waals surface area contributed by atoms with Crippen molar-refractivity contribution in [2.75, 3.05) is 0 Å². The first-order chi connectivity index (χ1) is 10.5. The highest BCUT2D eigenvalue weighted by atomic mass is 16.2. The molecule has 0 atom stereocenters. The summed E-state index contributed by atoms with van der Waals surface area (Å²) in [5, 5.41) is 0. The van der Waals surface area contributed by atoms with E-state index in [4.69, 9.17) is 0 Å². The molecule has 0 N–H and O–H groups in total. The zero-order valence-electron chi connectivity index (χ0n) is 13.1. The van der Waals surface area contributed by atoms with Gasteiger partial charge in [0.1, 0.15) is 5.78 Å². The number of nitrogens with zero attached hydrogens (tertiary/aromatic N) is 1. The lowest BCUT2D eigenvalue weighted by Crippen LogP contribution is -2.27. The Bertz CT molecular complexity index is 632. The fourth-order valence-electron chi connectivity index (χ4n) is 2.35. The van der Waals surface area contributed by atoms with Gasteiger partial charge in [-0.25, -0.2) is 0 Å². The minimum atomic E-state index is 0.0525. The number of hydrogen-bond donors (Lipinski definition) is 0. The predicted octanol–water partition coefficient (Wildman–Crippen LogP) is 3.37. The zero-order valence-corrected chi connectivity index (χ0v) is 13.1. The zero-order chi connectivity index (χ0) is 15.9. The van der Waals surface area contributed by atoms with Gasteiger partial charge in [-0.05, 0) is 23.6 Å². The summed E-state index contributed by atoms with van der Waals surface area (Å²) in [5.41, 5.74) is 3.19. The molecular weight excluding hydrogens is 274 g/mol. The molecule has 2 aromatic carbocycles. The highest BCUT2D eigenvalue weighted by molar-refractivity contribution is 5.78. The van der Waals surface area contributed by atoms with E-state index in [1.54, 1.807) is 13.8 Å². The third-order valence-corrected chi connectivity index (χ3v) is 3.51. The lowest BCUT2D eigenvalue weighted by Gasteiger charge is -2.21. The highest BCUT2D eigenvalue weighted by Gasteiger charge is 2.10. The van der Waals surface area contributed by atoms with Gasteiger partial charge in [-0.3, -0.25) is 9.59 Å². The van der Waals surface area contributed by atoms with Crippen LogP contribution in [0.4, 0.5) is 0 Å². The molecule has 2 aromatic rings. The normalized spacial score (nSPS) is 10.3. The molecule has 1 amide bonds. The van der Waals surface area contributed by atoms with Gasteiger partial charge < -0.3 is 4.90 Å². The molecule has 0 spiro atoms. The number of rotatable bonds is 6. The van der Waals surface area contributed by atoms with Crippen molar-refractivity contribution in [1.29, 1.82) is 0 Å². The molecule has 0 saturated heterocycles. The van der Waals surface area contributed by atoms with Crippen molar-refractivity contribution in [3.05, 3.63) is 71.3 Å². The van der Waals surface area contributed by atoms with E-state index in [2.05, 4.69) is 0 Å². The summed E-state index contributed by atoms with van der Waals surface area (Å²) in [7, 11) is 0. The van der Waals surface area contributed by atoms with E-state index >= 15 is 0 Å². The maximum atomic E-state index is 11.8. The van der Waals surface area contributed by atoms with Crippen LogP contribution >= 0.6 is 0 Å². The largest absolute Gasteiger partial charge is 0.334 e. The van der Waals surface area contributed by atoms with Gasteiger partial charge in [0.05, 0.1) is 0 Å². The van der Waals surface area contributed by atoms with Crippen LogP contribution in [-0.4, -0.2) is 16.6 Å². The van der Waals surface area contributed by atoms with E-state index in [1.807, 2.05) is 59.5 Å². The van der Waals surface area contributed by atoms with E-state index in [1.165, 1.54) is 0 Å². The molecule has 3 heteroatoms. The second kappa shape index (κ2) is 7.55. The summed E-state index contributed by atoms with van der Waals surface area (Å²) >= 11 is 0. The highest BCUT2D eigenvalue weighted by Crippen LogP contribution is 2.12. The van der Waals surface area contributed by atoms with Crippen LogP contribution in [0.25, 0.3) is 0 Å². The quantitative estimate of drug-likeness (QED) is 0.819. The maximum absolute atomic E-state index is 11.8. The van der Waals surface area contributed by atoms with Crippen LogP contribution in [0.15, 0.2) is 54.6 Å². The number of Topliss-reactive ketones (excluding diaryl/α,β-unsaturated/α-hetero) is 1. The minimum absolute atomic E-state index is 0.0525. The molecule has 22 heavy (non-hydrogen) atoms. The molecule has 0 aliphatic rings. The summed E-state index contributed by atoms with van der Waals surface area (Å²) in [4.78, 5) is 24.8. The average Bonchev–Trinajstić information content (AvgIpc) is 2.49. The fourth-order valence-corrected chi connectivity index (χ4v) is 2.35. The Balaban J connectivity index is 2.04. The van der Waals surface area contributed by atoms with Gasteiger partial charge in [0.15, 0.2) is 0 Å². The standard InChI is InChI=1S/C19H21NO2/c1-15(21)12-17-8-10-19(11-9-17)14-20(16(2)22)13-18-6-4-3-5-7-18/h3-11H,12-14H2,1-2H3. The van der Waals surface area contributed by atoms with Crippen LogP contribution < -0.4 is 0 Å². The first-order valence-electron chi connectivity index (χ1n) is 7.41. The van der Waals surface area contributed by atoms with Crippen LogP contribution in [0, 0.1) is 0 Å². The minimum Gasteiger partial charge on any atom is -0.334 e. The monoisotopic (exact) mass is 295 g/mol. The first-order valence-corrected chi connectivity index (χ1v) is 7.41. The Morgan fingerprint density at radius 2 is 1.27 bits per heavy atom. The number of amides is 1. The maximum Gasteiger partial charge on any atom is 0.220 e. The Morgan fingerprint density at radius 3 is 1.77 bits per heavy atom. The van der Waals surface area contributed by atoms with Crippen molar-refractivity contribution >= 4 is 11.7 Å². The van der Waals surface area contributed by atoms with Crippen LogP contribution in [0.2, 0.25) is 0 Å². The van der Waals surface area contributed by atoms with E-state index in [9.17, 15) is 9.59 Å². The molecule has 3 nitrogen and oxygen atoms in total. The second-order valence-electron chi connectivity index (χ2n) is 5.56. The summed E-state index contributed by atoms with van der Waals surface area (Å²) in [5.74, 6) is 0.207. The number of carbonyl (C=O) groups excluding carboxylic acids is 2. The van der Waals surface area contributed by atoms with Gasteiger partial charge in [0.25, 0.3) is 0 Å². The van der Waals surface area contributed by atoms with E-state index in [0.717, 1.165) is 16.7 Å².